The number of nitrogens with two attached hydrogens (primary N) is 1. The van der Waals surface area contributed by atoms with Gasteiger partial charge >= 0.3 is 0 Å². The second kappa shape index (κ2) is 15.6. The number of aliphatic hydroxyl groups is 5. The van der Waals surface area contributed by atoms with Gasteiger partial charge in [-0.1, -0.05) is 51.5 Å². The summed E-state index contributed by atoms with van der Waals surface area (Å²) in [7, 11) is 0. The molecule has 2 heterocycles. The van der Waals surface area contributed by atoms with Crippen LogP contribution in [0.2, 0.25) is 0 Å². The number of carbonyl (C=O) groups is 1. The van der Waals surface area contributed by atoms with Gasteiger partial charge in [0.05, 0.1) is 19.3 Å². The molecule has 1 aliphatic heterocycles. The van der Waals surface area contributed by atoms with Gasteiger partial charge < -0.3 is 46.1 Å². The third kappa shape index (κ3) is 8.71. The second-order valence-corrected chi connectivity index (χ2v) is 11.0. The minimum absolute atomic E-state index is 0.0945. The Morgan fingerprint density at radius 2 is 1.80 bits per heavy atom. The van der Waals surface area contributed by atoms with Gasteiger partial charge in [-0.3, -0.25) is 9.89 Å². The van der Waals surface area contributed by atoms with Crippen molar-refractivity contribution in [3.8, 4) is 5.88 Å². The highest BCUT2D eigenvalue weighted by Crippen LogP contribution is 2.31. The van der Waals surface area contributed by atoms with Crippen molar-refractivity contribution in [1.29, 1.82) is 0 Å². The zero-order valence-corrected chi connectivity index (χ0v) is 24.1. The van der Waals surface area contributed by atoms with Gasteiger partial charge in [0.2, 0.25) is 18.1 Å². The van der Waals surface area contributed by atoms with E-state index >= 15 is 0 Å². The van der Waals surface area contributed by atoms with Crippen molar-refractivity contribution in [3.05, 3.63) is 46.6 Å². The lowest BCUT2D eigenvalue weighted by atomic mass is 9.97. The van der Waals surface area contributed by atoms with Gasteiger partial charge in [-0.05, 0) is 36.3 Å². The van der Waals surface area contributed by atoms with E-state index in [1.165, 1.54) is 0 Å². The average Bonchev–Trinajstić information content (AvgIpc) is 3.35. The standard InChI is InChI=1S/C29H46N4O8/c1-4-6-20(30)21(14-34)31-23(36)8-5-7-17-9-11-18(12-10-17)13-19-24(16(2)3)32-33-28(19)41-29-27(39)26(38)25(37)22(15-35)40-29/h9-12,16,20-22,25-27,29,34-35,37-39H,4-8,13-15,30H2,1-3H3,(H,31,36)(H,32,33)/t20?,21-,22+,25-,26-,27+,29-/m0/s1. The fourth-order valence-corrected chi connectivity index (χ4v) is 4.96. The summed E-state index contributed by atoms with van der Waals surface area (Å²) in [5, 5.41) is 59.7. The molecular formula is C29H46N4O8. The van der Waals surface area contributed by atoms with Gasteiger partial charge in [-0.25, -0.2) is 0 Å². The molecule has 0 spiro atoms. The predicted octanol–water partition coefficient (Wildman–Crippen LogP) is 0.230. The van der Waals surface area contributed by atoms with Gasteiger partial charge in [-0.15, -0.1) is 5.10 Å². The predicted molar refractivity (Wildman–Crippen MR) is 151 cm³/mol. The van der Waals surface area contributed by atoms with Crippen LogP contribution in [0.3, 0.4) is 0 Å². The first-order chi connectivity index (χ1) is 19.6. The van der Waals surface area contributed by atoms with E-state index in [2.05, 4.69) is 15.5 Å². The molecule has 0 bridgehead atoms. The monoisotopic (exact) mass is 578 g/mol. The highest BCUT2D eigenvalue weighted by atomic mass is 16.7. The molecule has 1 unspecified atom stereocenters. The molecule has 1 aromatic carbocycles. The van der Waals surface area contributed by atoms with E-state index in [1.54, 1.807) is 0 Å². The van der Waals surface area contributed by atoms with Crippen LogP contribution in [-0.4, -0.2) is 97.6 Å². The summed E-state index contributed by atoms with van der Waals surface area (Å²) in [5.74, 6) is 0.172. The summed E-state index contributed by atoms with van der Waals surface area (Å²) in [6.07, 6.45) is -3.19. The lowest BCUT2D eigenvalue weighted by Crippen LogP contribution is -2.60. The number of nitrogens with one attached hydrogen (secondary N) is 2. The summed E-state index contributed by atoms with van der Waals surface area (Å²) in [6, 6.07) is 7.30. The van der Waals surface area contributed by atoms with Crippen molar-refractivity contribution >= 4 is 5.91 Å². The highest BCUT2D eigenvalue weighted by Gasteiger charge is 2.45. The molecule has 0 aliphatic carbocycles. The molecule has 12 heteroatoms. The van der Waals surface area contributed by atoms with E-state index in [9.17, 15) is 30.3 Å². The zero-order chi connectivity index (χ0) is 30.1. The van der Waals surface area contributed by atoms with E-state index in [-0.39, 0.29) is 30.4 Å². The lowest BCUT2D eigenvalue weighted by Gasteiger charge is -2.39. The van der Waals surface area contributed by atoms with Gasteiger partial charge in [0.1, 0.15) is 24.4 Å². The van der Waals surface area contributed by atoms with Crippen LogP contribution in [0, 0.1) is 0 Å². The van der Waals surface area contributed by atoms with E-state index < -0.39 is 43.4 Å². The molecular weight excluding hydrogens is 532 g/mol. The number of ether oxygens (including phenoxy) is 2. The number of hydrogen-bond donors (Lipinski definition) is 8. The van der Waals surface area contributed by atoms with Crippen LogP contribution in [0.25, 0.3) is 0 Å². The van der Waals surface area contributed by atoms with Gasteiger partial charge in [0.25, 0.3) is 0 Å². The van der Waals surface area contributed by atoms with Crippen LogP contribution in [0.5, 0.6) is 5.88 Å². The van der Waals surface area contributed by atoms with Crippen molar-refractivity contribution in [1.82, 2.24) is 15.5 Å². The van der Waals surface area contributed by atoms with Crippen LogP contribution in [0.15, 0.2) is 24.3 Å². The minimum Gasteiger partial charge on any atom is -0.443 e. The zero-order valence-electron chi connectivity index (χ0n) is 24.1. The van der Waals surface area contributed by atoms with Crippen LogP contribution >= 0.6 is 0 Å². The Morgan fingerprint density at radius 1 is 1.12 bits per heavy atom. The molecule has 230 valence electrons. The summed E-state index contributed by atoms with van der Waals surface area (Å²) in [4.78, 5) is 12.3. The van der Waals surface area contributed by atoms with Crippen molar-refractivity contribution in [2.45, 2.75) is 108 Å². The summed E-state index contributed by atoms with van der Waals surface area (Å²) in [5.41, 5.74) is 9.73. The maximum absolute atomic E-state index is 12.3. The van der Waals surface area contributed by atoms with Gasteiger partial charge in [-0.2, -0.15) is 0 Å². The molecule has 1 aromatic heterocycles. The first kappa shape index (κ1) is 32.9. The number of carbonyl (C=O) groups excluding carboxylic acids is 1. The average molecular weight is 579 g/mol. The largest absolute Gasteiger partial charge is 0.443 e. The maximum atomic E-state index is 12.3. The normalized spacial score (nSPS) is 24.3. The number of aryl methyl sites for hydroxylation is 1. The smallest absolute Gasteiger partial charge is 0.238 e. The third-order valence-electron chi connectivity index (χ3n) is 7.47. The number of H-pyrrole nitrogens is 1. The van der Waals surface area contributed by atoms with Gasteiger partial charge in [0.15, 0.2) is 0 Å². The molecule has 3 rings (SSSR count). The van der Waals surface area contributed by atoms with E-state index in [0.29, 0.717) is 25.7 Å². The van der Waals surface area contributed by atoms with Crippen molar-refractivity contribution in [2.24, 2.45) is 5.73 Å². The number of nitrogens with zero attached hydrogens (tertiary/aromatic N) is 1. The fourth-order valence-electron chi connectivity index (χ4n) is 4.96. The van der Waals surface area contributed by atoms with Crippen molar-refractivity contribution in [2.75, 3.05) is 13.2 Å². The first-order valence-corrected chi connectivity index (χ1v) is 14.4. The summed E-state index contributed by atoms with van der Waals surface area (Å²) >= 11 is 0. The molecule has 1 saturated heterocycles. The topological polar surface area (TPSA) is 203 Å². The Kier molecular flexibility index (Phi) is 12.5. The van der Waals surface area contributed by atoms with Crippen LogP contribution in [0.4, 0.5) is 0 Å². The molecule has 9 N–H and O–H groups in total. The second-order valence-electron chi connectivity index (χ2n) is 11.0. The Morgan fingerprint density at radius 3 is 2.41 bits per heavy atom. The van der Waals surface area contributed by atoms with Crippen molar-refractivity contribution in [3.63, 3.8) is 0 Å². The van der Waals surface area contributed by atoms with E-state index in [4.69, 9.17) is 15.2 Å². The molecule has 1 aliphatic rings. The Labute approximate surface area is 240 Å². The SMILES string of the molecule is CCCC(N)[C@H](CO)NC(=O)CCCc1ccc(Cc2c(O[C@@H]3O[C@H](CO)[C@H](O)[C@H](O)[C@H]3O)n[nH]c2C(C)C)cc1. The number of amides is 1. The highest BCUT2D eigenvalue weighted by molar-refractivity contribution is 5.76. The maximum Gasteiger partial charge on any atom is 0.238 e. The fraction of sp³-hybridized carbons (Fsp3) is 0.655. The number of aromatic amines is 1. The van der Waals surface area contributed by atoms with Crippen LogP contribution < -0.4 is 15.8 Å². The molecule has 2 aromatic rings. The first-order valence-electron chi connectivity index (χ1n) is 14.4. The third-order valence-corrected chi connectivity index (χ3v) is 7.47. The Balaban J connectivity index is 1.61. The minimum atomic E-state index is -1.55. The van der Waals surface area contributed by atoms with E-state index in [1.807, 2.05) is 45.0 Å². The molecule has 7 atom stereocenters. The molecule has 12 nitrogen and oxygen atoms in total. The Bertz CT molecular complexity index is 1080. The number of aliphatic hydroxyl groups excluding tert-OH is 5. The van der Waals surface area contributed by atoms with Crippen molar-refractivity contribution < 1.29 is 39.8 Å². The lowest BCUT2D eigenvalue weighted by molar-refractivity contribution is -0.278. The quantitative estimate of drug-likeness (QED) is 0.144. The van der Waals surface area contributed by atoms with E-state index in [0.717, 1.165) is 35.2 Å². The summed E-state index contributed by atoms with van der Waals surface area (Å²) in [6.45, 7) is 5.29. The van der Waals surface area contributed by atoms with Crippen LogP contribution in [0.1, 0.15) is 74.8 Å². The number of hydrogen-bond acceptors (Lipinski definition) is 10. The molecule has 1 fully saturated rings. The Hall–Kier alpha value is -2.58. The number of rotatable bonds is 15. The molecule has 41 heavy (non-hydrogen) atoms. The number of benzene rings is 1. The molecule has 0 saturated carbocycles. The van der Waals surface area contributed by atoms with Crippen LogP contribution in [-0.2, 0) is 22.4 Å². The summed E-state index contributed by atoms with van der Waals surface area (Å²) < 4.78 is 11.4. The molecule has 0 radical (unpaired) electrons. The molecule has 1 amide bonds. The number of aromatic nitrogens is 2. The van der Waals surface area contributed by atoms with Gasteiger partial charge in [0, 0.05) is 30.1 Å².